The van der Waals surface area contributed by atoms with Gasteiger partial charge in [0, 0.05) is 6.54 Å². The van der Waals surface area contributed by atoms with Crippen molar-refractivity contribution >= 4 is 29.9 Å². The number of benzene rings is 1. The Labute approximate surface area is 163 Å². The first-order chi connectivity index (χ1) is 11.6. The average Bonchev–Trinajstić information content (AvgIpc) is 3.15. The molecule has 1 aromatic rings. The van der Waals surface area contributed by atoms with Crippen LogP contribution in [0.1, 0.15) is 31.7 Å². The second-order valence-electron chi connectivity index (χ2n) is 6.08. The summed E-state index contributed by atoms with van der Waals surface area (Å²) in [6.07, 6.45) is 3.88. The van der Waals surface area contributed by atoms with Crippen LogP contribution < -0.4 is 15.4 Å². The fourth-order valence-electron chi connectivity index (χ4n) is 3.28. The fraction of sp³-hybridized carbons (Fsp3) is 0.588. The van der Waals surface area contributed by atoms with Crippen molar-refractivity contribution in [3.05, 3.63) is 29.8 Å². The summed E-state index contributed by atoms with van der Waals surface area (Å²) in [5.41, 5.74) is 0.814. The molecule has 2 heterocycles. The Morgan fingerprint density at radius 3 is 2.88 bits per heavy atom. The number of fused-ring (bicyclic) bond motifs is 2. The van der Waals surface area contributed by atoms with Crippen molar-refractivity contribution in [1.29, 1.82) is 0 Å². The molecule has 1 aromatic carbocycles. The van der Waals surface area contributed by atoms with Crippen LogP contribution in [0.4, 0.5) is 8.78 Å². The van der Waals surface area contributed by atoms with Gasteiger partial charge in [-0.3, -0.25) is 0 Å². The second kappa shape index (κ2) is 9.51. The molecule has 0 saturated carbocycles. The van der Waals surface area contributed by atoms with Crippen molar-refractivity contribution in [2.45, 2.75) is 57.6 Å². The highest BCUT2D eigenvalue weighted by Gasteiger charge is 2.41. The van der Waals surface area contributed by atoms with Crippen molar-refractivity contribution < 1.29 is 18.3 Å². The van der Waals surface area contributed by atoms with Gasteiger partial charge < -0.3 is 20.1 Å². The first-order valence-electron chi connectivity index (χ1n) is 8.38. The lowest BCUT2D eigenvalue weighted by atomic mass is 9.96. The third-order valence-corrected chi connectivity index (χ3v) is 4.32. The zero-order valence-corrected chi connectivity index (χ0v) is 16.4. The standard InChI is InChI=1S/C17H23F2N3O2.HI/c1-2-20-17(22-14-9-13-6-7-15(14)23-13)21-10-11-4-3-5-12(8-11)24-16(18)19;/h3-5,8,13-16H,2,6-7,9-10H2,1H3,(H2,20,21,22);1H. The van der Waals surface area contributed by atoms with Gasteiger partial charge >= 0.3 is 6.61 Å². The van der Waals surface area contributed by atoms with E-state index in [4.69, 9.17) is 4.74 Å². The zero-order chi connectivity index (χ0) is 16.9. The molecule has 0 radical (unpaired) electrons. The van der Waals surface area contributed by atoms with E-state index in [1.54, 1.807) is 12.1 Å². The molecule has 5 nitrogen and oxygen atoms in total. The van der Waals surface area contributed by atoms with E-state index >= 15 is 0 Å². The number of rotatable bonds is 6. The number of nitrogens with zero attached hydrogens (tertiary/aromatic N) is 1. The molecule has 25 heavy (non-hydrogen) atoms. The van der Waals surface area contributed by atoms with Crippen LogP contribution in [0.25, 0.3) is 0 Å². The summed E-state index contributed by atoms with van der Waals surface area (Å²) >= 11 is 0. The van der Waals surface area contributed by atoms with Gasteiger partial charge in [-0.1, -0.05) is 12.1 Å². The number of ether oxygens (including phenoxy) is 2. The number of alkyl halides is 2. The largest absolute Gasteiger partial charge is 0.435 e. The van der Waals surface area contributed by atoms with Gasteiger partial charge in [0.25, 0.3) is 0 Å². The van der Waals surface area contributed by atoms with Crippen LogP contribution in [-0.2, 0) is 11.3 Å². The van der Waals surface area contributed by atoms with Crippen LogP contribution >= 0.6 is 24.0 Å². The number of nitrogens with one attached hydrogen (secondary N) is 2. The number of guanidine groups is 1. The molecule has 2 aliphatic heterocycles. The number of aliphatic imine (C=N–C) groups is 1. The summed E-state index contributed by atoms with van der Waals surface area (Å²) < 4.78 is 34.8. The summed E-state index contributed by atoms with van der Waals surface area (Å²) in [6.45, 7) is 0.325. The molecule has 2 bridgehead atoms. The van der Waals surface area contributed by atoms with Gasteiger partial charge in [-0.15, -0.1) is 24.0 Å². The fourth-order valence-corrected chi connectivity index (χ4v) is 3.28. The molecule has 2 aliphatic rings. The molecule has 2 N–H and O–H groups in total. The lowest BCUT2D eigenvalue weighted by Gasteiger charge is -2.22. The number of halogens is 3. The Morgan fingerprint density at radius 1 is 1.40 bits per heavy atom. The highest BCUT2D eigenvalue weighted by atomic mass is 127. The topological polar surface area (TPSA) is 54.9 Å². The molecule has 0 spiro atoms. The molecular weight excluding hydrogens is 443 g/mol. The number of hydrogen-bond donors (Lipinski definition) is 2. The molecule has 3 unspecified atom stereocenters. The number of hydrogen-bond acceptors (Lipinski definition) is 3. The molecule has 2 fully saturated rings. The Hall–Kier alpha value is -1.16. The van der Waals surface area contributed by atoms with E-state index in [0.29, 0.717) is 12.6 Å². The van der Waals surface area contributed by atoms with Crippen molar-refractivity contribution in [1.82, 2.24) is 10.6 Å². The van der Waals surface area contributed by atoms with E-state index in [0.717, 1.165) is 37.3 Å². The first kappa shape index (κ1) is 20.2. The molecular formula is C17H24F2IN3O2. The first-order valence-corrected chi connectivity index (χ1v) is 8.38. The molecule has 0 aromatic heterocycles. The minimum atomic E-state index is -2.82. The lowest BCUT2D eigenvalue weighted by Crippen LogP contribution is -2.47. The maximum Gasteiger partial charge on any atom is 0.387 e. The van der Waals surface area contributed by atoms with Gasteiger partial charge in [0.2, 0.25) is 0 Å². The molecule has 3 atom stereocenters. The quantitative estimate of drug-likeness (QED) is 0.383. The summed E-state index contributed by atoms with van der Waals surface area (Å²) in [5, 5.41) is 6.65. The van der Waals surface area contributed by atoms with Crippen LogP contribution in [0.15, 0.2) is 29.3 Å². The maximum absolute atomic E-state index is 12.3. The molecule has 3 rings (SSSR count). The highest BCUT2D eigenvalue weighted by Crippen LogP contribution is 2.34. The van der Waals surface area contributed by atoms with Gasteiger partial charge in [-0.25, -0.2) is 4.99 Å². The molecule has 0 amide bonds. The molecule has 140 valence electrons. The van der Waals surface area contributed by atoms with Gasteiger partial charge in [-0.05, 0) is 43.9 Å². The van der Waals surface area contributed by atoms with E-state index in [1.807, 2.05) is 13.0 Å². The summed E-state index contributed by atoms with van der Waals surface area (Å²) in [4.78, 5) is 4.55. The van der Waals surface area contributed by atoms with E-state index in [2.05, 4.69) is 20.4 Å². The van der Waals surface area contributed by atoms with Gasteiger partial charge in [0.05, 0.1) is 24.8 Å². The summed E-state index contributed by atoms with van der Waals surface area (Å²) in [5.74, 6) is 0.871. The van der Waals surface area contributed by atoms with E-state index in [9.17, 15) is 8.78 Å². The predicted molar refractivity (Wildman–Crippen MR) is 103 cm³/mol. The molecule has 8 heteroatoms. The third-order valence-electron chi connectivity index (χ3n) is 4.32. The van der Waals surface area contributed by atoms with Crippen LogP contribution in [0, 0.1) is 0 Å². The second-order valence-corrected chi connectivity index (χ2v) is 6.08. The van der Waals surface area contributed by atoms with Crippen molar-refractivity contribution in [3.63, 3.8) is 0 Å². The Kier molecular flexibility index (Phi) is 7.67. The zero-order valence-electron chi connectivity index (χ0n) is 14.1. The van der Waals surface area contributed by atoms with Gasteiger partial charge in [-0.2, -0.15) is 8.78 Å². The third kappa shape index (κ3) is 5.67. The van der Waals surface area contributed by atoms with Crippen LogP contribution in [-0.4, -0.2) is 37.4 Å². The van der Waals surface area contributed by atoms with Crippen molar-refractivity contribution in [2.24, 2.45) is 4.99 Å². The smallest absolute Gasteiger partial charge is 0.387 e. The normalized spacial score (nSPS) is 25.0. The van der Waals surface area contributed by atoms with E-state index in [-0.39, 0.29) is 41.9 Å². The molecule has 2 saturated heterocycles. The highest BCUT2D eigenvalue weighted by molar-refractivity contribution is 14.0. The van der Waals surface area contributed by atoms with E-state index in [1.165, 1.54) is 6.07 Å². The Balaban J connectivity index is 0.00000225. The summed E-state index contributed by atoms with van der Waals surface area (Å²) in [7, 11) is 0. The van der Waals surface area contributed by atoms with Gasteiger partial charge in [0.1, 0.15) is 5.75 Å². The lowest BCUT2D eigenvalue weighted by molar-refractivity contribution is -0.0498. The SMILES string of the molecule is CCNC(=NCc1cccc(OC(F)F)c1)NC1CC2CCC1O2.I. The predicted octanol–water partition coefficient (Wildman–Crippen LogP) is 3.28. The average molecular weight is 467 g/mol. The van der Waals surface area contributed by atoms with Crippen LogP contribution in [0.2, 0.25) is 0 Å². The Bertz CT molecular complexity index is 589. The van der Waals surface area contributed by atoms with Crippen LogP contribution in [0.5, 0.6) is 5.75 Å². The van der Waals surface area contributed by atoms with Gasteiger partial charge in [0.15, 0.2) is 5.96 Å². The van der Waals surface area contributed by atoms with Crippen molar-refractivity contribution in [3.8, 4) is 5.75 Å². The summed E-state index contributed by atoms with van der Waals surface area (Å²) in [6, 6.07) is 6.91. The van der Waals surface area contributed by atoms with Crippen molar-refractivity contribution in [2.75, 3.05) is 6.54 Å². The Morgan fingerprint density at radius 2 is 2.24 bits per heavy atom. The maximum atomic E-state index is 12.3. The van der Waals surface area contributed by atoms with E-state index < -0.39 is 6.61 Å². The molecule has 0 aliphatic carbocycles. The minimum Gasteiger partial charge on any atom is -0.435 e. The monoisotopic (exact) mass is 467 g/mol. The van der Waals surface area contributed by atoms with Crippen LogP contribution in [0.3, 0.4) is 0 Å². The minimum absolute atomic E-state index is 0.